The van der Waals surface area contributed by atoms with Gasteiger partial charge in [0.1, 0.15) is 18.1 Å². The maximum absolute atomic E-state index is 13.4. The Morgan fingerprint density at radius 3 is 2.79 bits per heavy atom. The summed E-state index contributed by atoms with van der Waals surface area (Å²) in [6.07, 6.45) is 1.47. The fourth-order valence-corrected chi connectivity index (χ4v) is 3.87. The van der Waals surface area contributed by atoms with E-state index < -0.39 is 6.04 Å². The Bertz CT molecular complexity index is 1120. The number of carbonyl (C=O) groups is 1. The Morgan fingerprint density at radius 1 is 1.24 bits per heavy atom. The highest BCUT2D eigenvalue weighted by Gasteiger charge is 2.35. The highest BCUT2D eigenvalue weighted by atomic mass is 79.9. The molecule has 3 aromatic rings. The van der Waals surface area contributed by atoms with Crippen LogP contribution in [0.3, 0.4) is 0 Å². The maximum Gasteiger partial charge on any atom is 0.255 e. The van der Waals surface area contributed by atoms with Crippen LogP contribution >= 0.6 is 15.9 Å². The first kappa shape index (κ1) is 19.2. The van der Waals surface area contributed by atoms with Crippen molar-refractivity contribution in [3.05, 3.63) is 75.7 Å². The first-order valence-electron chi connectivity index (χ1n) is 9.07. The first-order chi connectivity index (χ1) is 14.0. The summed E-state index contributed by atoms with van der Waals surface area (Å²) < 4.78 is 8.17. The standard InChI is InChI=1S/C21H20BrN5O2/c1-12-6-4-5-7-16(12)26-20(28)18-13(2)25-21-23-11-24-27(21)19(18)15-10-14(22)8-9-17(15)29-3/h4-11,19H,1-3H3,(H,26,28)(H,23,24,25). The maximum atomic E-state index is 13.4. The lowest BCUT2D eigenvalue weighted by atomic mass is 9.94. The molecular weight excluding hydrogens is 434 g/mol. The summed E-state index contributed by atoms with van der Waals surface area (Å²) in [6, 6.07) is 12.9. The van der Waals surface area contributed by atoms with Crippen LogP contribution in [0.5, 0.6) is 5.75 Å². The van der Waals surface area contributed by atoms with E-state index in [1.54, 1.807) is 11.8 Å². The third-order valence-electron chi connectivity index (χ3n) is 4.92. The monoisotopic (exact) mass is 453 g/mol. The number of benzene rings is 2. The van der Waals surface area contributed by atoms with E-state index >= 15 is 0 Å². The van der Waals surface area contributed by atoms with Crippen LogP contribution in [0.1, 0.15) is 24.1 Å². The van der Waals surface area contributed by atoms with Gasteiger partial charge in [-0.2, -0.15) is 10.1 Å². The van der Waals surface area contributed by atoms with Gasteiger partial charge in [-0.05, 0) is 43.7 Å². The molecule has 0 bridgehead atoms. The molecule has 7 nitrogen and oxygen atoms in total. The van der Waals surface area contributed by atoms with E-state index in [0.717, 1.165) is 21.3 Å². The van der Waals surface area contributed by atoms with Crippen LogP contribution in [-0.2, 0) is 4.79 Å². The van der Waals surface area contributed by atoms with Crippen LogP contribution in [0.15, 0.2) is 64.5 Å². The molecule has 1 atom stereocenters. The summed E-state index contributed by atoms with van der Waals surface area (Å²) in [5, 5.41) is 10.6. The minimum absolute atomic E-state index is 0.211. The molecule has 0 spiro atoms. The Hall–Kier alpha value is -3.13. The number of rotatable bonds is 4. The summed E-state index contributed by atoms with van der Waals surface area (Å²) >= 11 is 3.53. The molecule has 1 amide bonds. The average Bonchev–Trinajstić information content (AvgIpc) is 3.16. The Morgan fingerprint density at radius 2 is 2.03 bits per heavy atom. The van der Waals surface area contributed by atoms with Gasteiger partial charge in [0.25, 0.3) is 5.91 Å². The van der Waals surface area contributed by atoms with Crippen molar-refractivity contribution in [2.45, 2.75) is 19.9 Å². The van der Waals surface area contributed by atoms with Gasteiger partial charge in [0.05, 0.1) is 12.7 Å². The molecule has 1 aliphatic rings. The molecule has 1 aromatic heterocycles. The predicted octanol–water partition coefficient (Wildman–Crippen LogP) is 4.29. The quantitative estimate of drug-likeness (QED) is 0.615. The Balaban J connectivity index is 1.84. The van der Waals surface area contributed by atoms with Gasteiger partial charge in [-0.15, -0.1) is 0 Å². The zero-order valence-corrected chi connectivity index (χ0v) is 17.8. The van der Waals surface area contributed by atoms with Gasteiger partial charge in [0.2, 0.25) is 5.95 Å². The van der Waals surface area contributed by atoms with Crippen LogP contribution in [0.25, 0.3) is 0 Å². The number of nitrogens with one attached hydrogen (secondary N) is 2. The number of para-hydroxylation sites is 1. The number of aromatic nitrogens is 3. The normalized spacial score (nSPS) is 15.5. The molecule has 1 unspecified atom stereocenters. The summed E-state index contributed by atoms with van der Waals surface area (Å²) in [5.74, 6) is 1.02. The molecular formula is C21H20BrN5O2. The number of methoxy groups -OCH3 is 1. The van der Waals surface area contributed by atoms with Gasteiger partial charge >= 0.3 is 0 Å². The van der Waals surface area contributed by atoms with E-state index in [-0.39, 0.29) is 5.91 Å². The van der Waals surface area contributed by atoms with E-state index in [9.17, 15) is 4.79 Å². The largest absolute Gasteiger partial charge is 0.496 e. The second-order valence-corrected chi connectivity index (χ2v) is 7.67. The molecule has 148 valence electrons. The summed E-state index contributed by atoms with van der Waals surface area (Å²) in [7, 11) is 1.61. The smallest absolute Gasteiger partial charge is 0.255 e. The van der Waals surface area contributed by atoms with Gasteiger partial charge in [-0.3, -0.25) is 4.79 Å². The number of fused-ring (bicyclic) bond motifs is 1. The molecule has 0 saturated carbocycles. The molecule has 1 aliphatic heterocycles. The van der Waals surface area contributed by atoms with Gasteiger partial charge in [0.15, 0.2) is 0 Å². The highest BCUT2D eigenvalue weighted by molar-refractivity contribution is 9.10. The zero-order valence-electron chi connectivity index (χ0n) is 16.2. The van der Waals surface area contributed by atoms with Crippen molar-refractivity contribution < 1.29 is 9.53 Å². The molecule has 0 saturated heterocycles. The van der Waals surface area contributed by atoms with Crippen molar-refractivity contribution in [3.63, 3.8) is 0 Å². The highest BCUT2D eigenvalue weighted by Crippen LogP contribution is 2.40. The fourth-order valence-electron chi connectivity index (χ4n) is 3.49. The third-order valence-corrected chi connectivity index (χ3v) is 5.41. The molecule has 0 radical (unpaired) electrons. The molecule has 2 aromatic carbocycles. The van der Waals surface area contributed by atoms with Crippen molar-refractivity contribution in [1.29, 1.82) is 0 Å². The number of aryl methyl sites for hydroxylation is 1. The van der Waals surface area contributed by atoms with Crippen LogP contribution in [0.4, 0.5) is 11.6 Å². The van der Waals surface area contributed by atoms with Crippen LogP contribution in [-0.4, -0.2) is 27.8 Å². The second-order valence-electron chi connectivity index (χ2n) is 6.75. The van der Waals surface area contributed by atoms with Crippen LogP contribution in [0, 0.1) is 6.92 Å². The van der Waals surface area contributed by atoms with Crippen molar-refractivity contribution in [1.82, 2.24) is 14.8 Å². The van der Waals surface area contributed by atoms with Gasteiger partial charge < -0.3 is 15.4 Å². The van der Waals surface area contributed by atoms with Gasteiger partial charge in [0, 0.05) is 21.4 Å². The number of carbonyl (C=O) groups excluding carboxylic acids is 1. The predicted molar refractivity (Wildman–Crippen MR) is 115 cm³/mol. The Labute approximate surface area is 176 Å². The Kier molecular flexibility index (Phi) is 5.10. The van der Waals surface area contributed by atoms with Crippen LogP contribution in [0.2, 0.25) is 0 Å². The summed E-state index contributed by atoms with van der Waals surface area (Å²) in [5.41, 5.74) is 3.82. The number of nitrogens with zero attached hydrogens (tertiary/aromatic N) is 3. The lowest BCUT2D eigenvalue weighted by molar-refractivity contribution is -0.113. The number of hydrogen-bond acceptors (Lipinski definition) is 5. The molecule has 2 N–H and O–H groups in total. The topological polar surface area (TPSA) is 81.1 Å². The molecule has 4 rings (SSSR count). The summed E-state index contributed by atoms with van der Waals surface area (Å²) in [6.45, 7) is 3.82. The number of hydrogen-bond donors (Lipinski definition) is 2. The third kappa shape index (κ3) is 3.51. The average molecular weight is 454 g/mol. The molecule has 0 aliphatic carbocycles. The lowest BCUT2D eigenvalue weighted by Gasteiger charge is -2.29. The van der Waals surface area contributed by atoms with Gasteiger partial charge in [-0.25, -0.2) is 4.68 Å². The van der Waals surface area contributed by atoms with Crippen molar-refractivity contribution >= 4 is 33.5 Å². The van der Waals surface area contributed by atoms with Crippen molar-refractivity contribution in [2.75, 3.05) is 17.7 Å². The second kappa shape index (κ2) is 7.71. The van der Waals surface area contributed by atoms with Gasteiger partial charge in [-0.1, -0.05) is 34.1 Å². The first-order valence-corrected chi connectivity index (χ1v) is 9.86. The number of ether oxygens (including phenoxy) is 1. The number of halogens is 1. The van der Waals surface area contributed by atoms with Crippen molar-refractivity contribution in [2.24, 2.45) is 0 Å². The van der Waals surface area contributed by atoms with Crippen molar-refractivity contribution in [3.8, 4) is 5.75 Å². The molecule has 29 heavy (non-hydrogen) atoms. The van der Waals surface area contributed by atoms with E-state index in [1.807, 2.05) is 56.3 Å². The fraction of sp³-hybridized carbons (Fsp3) is 0.190. The molecule has 0 fully saturated rings. The minimum atomic E-state index is -0.495. The minimum Gasteiger partial charge on any atom is -0.496 e. The lowest BCUT2D eigenvalue weighted by Crippen LogP contribution is -2.31. The zero-order chi connectivity index (χ0) is 20.5. The van der Waals surface area contributed by atoms with E-state index in [4.69, 9.17) is 4.74 Å². The number of anilines is 2. The molecule has 8 heteroatoms. The van der Waals surface area contributed by atoms with E-state index in [2.05, 4.69) is 36.6 Å². The van der Waals surface area contributed by atoms with E-state index in [1.165, 1.54) is 6.33 Å². The van der Waals surface area contributed by atoms with E-state index in [0.29, 0.717) is 23.0 Å². The van der Waals surface area contributed by atoms with Crippen LogP contribution < -0.4 is 15.4 Å². The number of allylic oxidation sites excluding steroid dienone is 1. The molecule has 2 heterocycles. The summed E-state index contributed by atoms with van der Waals surface area (Å²) in [4.78, 5) is 17.7. The number of amides is 1. The SMILES string of the molecule is COc1ccc(Br)cc1C1C(C(=O)Nc2ccccc2C)=C(C)Nc2ncnn21.